The molecule has 1 aromatic rings. The highest BCUT2D eigenvalue weighted by atomic mass is 32.2. The number of methoxy groups -OCH3 is 1. The molecule has 0 aliphatic rings. The average Bonchev–Trinajstić information content (AvgIpc) is 2.62. The van der Waals surface area contributed by atoms with E-state index >= 15 is 0 Å². The Morgan fingerprint density at radius 3 is 2.43 bits per heavy atom. The third-order valence-corrected chi connectivity index (χ3v) is 4.98. The second-order valence-corrected chi connectivity index (χ2v) is 7.61. The van der Waals surface area contributed by atoms with Gasteiger partial charge in [-0.15, -0.1) is 0 Å². The van der Waals surface area contributed by atoms with Crippen LogP contribution in [0.15, 0.2) is 29.2 Å². The molecule has 0 fully saturated rings. The molecule has 0 aromatic heterocycles. The van der Waals surface area contributed by atoms with Crippen molar-refractivity contribution >= 4 is 33.5 Å². The molecular weight excluding hydrogens is 390 g/mol. The minimum absolute atomic E-state index is 0.0696. The van der Waals surface area contributed by atoms with Crippen molar-refractivity contribution in [1.29, 1.82) is 0 Å². The highest BCUT2D eigenvalue weighted by molar-refractivity contribution is 7.86. The molecular formula is C18H25NO8S. The Bertz CT molecular complexity index is 806. The van der Waals surface area contributed by atoms with Gasteiger partial charge in [0.1, 0.15) is 10.7 Å². The minimum atomic E-state index is -4.50. The molecule has 1 amide bonds. The normalized spacial score (nSPS) is 13.4. The molecule has 1 aromatic carbocycles. The van der Waals surface area contributed by atoms with Crippen molar-refractivity contribution in [2.45, 2.75) is 44.1 Å². The fourth-order valence-corrected chi connectivity index (χ4v) is 3.03. The van der Waals surface area contributed by atoms with Gasteiger partial charge in [-0.25, -0.2) is 4.79 Å². The zero-order valence-electron chi connectivity index (χ0n) is 16.0. The standard InChI is InChI=1S/C18H25NO8S/c1-12(20)14(7-6-10-27-18(22)13(2)26-3)11-17(21)19-15-8-4-5-9-16(15)28(23,24)25/h4-5,8-9,13-14H,6-7,10-11H2,1-3H3,(H,19,21)(H,23,24,25). The molecule has 0 aliphatic heterocycles. The van der Waals surface area contributed by atoms with Crippen molar-refractivity contribution in [1.82, 2.24) is 0 Å². The van der Waals surface area contributed by atoms with Crippen LogP contribution in [0.3, 0.4) is 0 Å². The van der Waals surface area contributed by atoms with E-state index in [1.54, 1.807) is 6.92 Å². The lowest BCUT2D eigenvalue weighted by molar-refractivity contribution is -0.154. The van der Waals surface area contributed by atoms with Crippen LogP contribution < -0.4 is 5.32 Å². The zero-order chi connectivity index (χ0) is 21.3. The first-order chi connectivity index (χ1) is 13.1. The molecule has 1 rings (SSSR count). The summed E-state index contributed by atoms with van der Waals surface area (Å²) in [5.41, 5.74) is -0.0696. The number of para-hydroxylation sites is 1. The summed E-state index contributed by atoms with van der Waals surface area (Å²) in [5, 5.41) is 2.40. The molecule has 2 atom stereocenters. The van der Waals surface area contributed by atoms with E-state index in [0.29, 0.717) is 12.8 Å². The highest BCUT2D eigenvalue weighted by Crippen LogP contribution is 2.22. The van der Waals surface area contributed by atoms with Gasteiger partial charge in [0, 0.05) is 19.4 Å². The van der Waals surface area contributed by atoms with Crippen molar-refractivity contribution in [3.63, 3.8) is 0 Å². The number of ketones is 1. The van der Waals surface area contributed by atoms with Gasteiger partial charge in [-0.1, -0.05) is 12.1 Å². The monoisotopic (exact) mass is 415 g/mol. The third-order valence-electron chi connectivity index (χ3n) is 4.07. The van der Waals surface area contributed by atoms with Crippen molar-refractivity contribution in [3.8, 4) is 0 Å². The number of nitrogens with one attached hydrogen (secondary N) is 1. The second kappa shape index (κ2) is 10.9. The smallest absolute Gasteiger partial charge is 0.334 e. The fourth-order valence-electron chi connectivity index (χ4n) is 2.39. The Balaban J connectivity index is 2.62. The van der Waals surface area contributed by atoms with Crippen LogP contribution in [0.5, 0.6) is 0 Å². The van der Waals surface area contributed by atoms with Gasteiger partial charge in [0.05, 0.1) is 12.3 Å². The van der Waals surface area contributed by atoms with Gasteiger partial charge in [-0.3, -0.25) is 14.1 Å². The summed E-state index contributed by atoms with van der Waals surface area (Å²) < 4.78 is 41.8. The van der Waals surface area contributed by atoms with Gasteiger partial charge in [0.2, 0.25) is 5.91 Å². The first kappa shape index (κ1) is 23.7. The maximum Gasteiger partial charge on any atom is 0.334 e. The zero-order valence-corrected chi connectivity index (χ0v) is 16.8. The summed E-state index contributed by atoms with van der Waals surface area (Å²) in [6, 6.07) is 5.40. The first-order valence-electron chi connectivity index (χ1n) is 8.62. The molecule has 0 bridgehead atoms. The van der Waals surface area contributed by atoms with E-state index in [2.05, 4.69) is 5.32 Å². The van der Waals surface area contributed by atoms with Gasteiger partial charge in [0.15, 0.2) is 6.10 Å². The number of benzene rings is 1. The van der Waals surface area contributed by atoms with E-state index in [9.17, 15) is 27.4 Å². The van der Waals surface area contributed by atoms with Crippen LogP contribution >= 0.6 is 0 Å². The van der Waals surface area contributed by atoms with Crippen LogP contribution in [0.4, 0.5) is 5.69 Å². The largest absolute Gasteiger partial charge is 0.464 e. The molecule has 0 saturated carbocycles. The Kier molecular flexibility index (Phi) is 9.23. The molecule has 10 heteroatoms. The van der Waals surface area contributed by atoms with E-state index in [-0.39, 0.29) is 24.5 Å². The Labute approximate surface area is 164 Å². The number of ether oxygens (including phenoxy) is 2. The Morgan fingerprint density at radius 2 is 1.86 bits per heavy atom. The first-order valence-corrected chi connectivity index (χ1v) is 10.1. The van der Waals surface area contributed by atoms with Gasteiger partial charge >= 0.3 is 5.97 Å². The van der Waals surface area contributed by atoms with Crippen molar-refractivity contribution < 1.29 is 36.8 Å². The maximum absolute atomic E-state index is 12.2. The van der Waals surface area contributed by atoms with E-state index in [0.717, 1.165) is 6.07 Å². The maximum atomic E-state index is 12.2. The molecule has 0 saturated heterocycles. The van der Waals surface area contributed by atoms with E-state index in [1.165, 1.54) is 32.2 Å². The average molecular weight is 415 g/mol. The number of rotatable bonds is 11. The van der Waals surface area contributed by atoms with Crippen LogP contribution in [0.2, 0.25) is 0 Å². The SMILES string of the molecule is COC(C)C(=O)OCCCC(CC(=O)Nc1ccccc1S(=O)(=O)O)C(C)=O. The van der Waals surface area contributed by atoms with Gasteiger partial charge in [-0.2, -0.15) is 8.42 Å². The number of Topliss-reactive ketones (excluding diaryl/α,β-unsaturated/α-hetero) is 1. The number of carbonyl (C=O) groups is 3. The third kappa shape index (κ3) is 7.75. The molecule has 0 heterocycles. The predicted molar refractivity (Wildman–Crippen MR) is 100 cm³/mol. The summed E-state index contributed by atoms with van der Waals surface area (Å²) in [4.78, 5) is 35.1. The van der Waals surface area contributed by atoms with Crippen LogP contribution in [0.1, 0.15) is 33.1 Å². The molecule has 156 valence electrons. The van der Waals surface area contributed by atoms with E-state index < -0.39 is 38.9 Å². The van der Waals surface area contributed by atoms with Crippen LogP contribution in [-0.4, -0.2) is 50.5 Å². The van der Waals surface area contributed by atoms with Gasteiger partial charge in [-0.05, 0) is 38.8 Å². The highest BCUT2D eigenvalue weighted by Gasteiger charge is 2.21. The summed E-state index contributed by atoms with van der Waals surface area (Å²) in [6.07, 6.45) is -0.159. The number of amides is 1. The molecule has 28 heavy (non-hydrogen) atoms. The Hall–Kier alpha value is -2.30. The summed E-state index contributed by atoms with van der Waals surface area (Å²) in [5.74, 6) is -1.91. The molecule has 9 nitrogen and oxygen atoms in total. The van der Waals surface area contributed by atoms with Crippen LogP contribution in [0.25, 0.3) is 0 Å². The van der Waals surface area contributed by atoms with Crippen molar-refractivity contribution in [3.05, 3.63) is 24.3 Å². The number of anilines is 1. The molecule has 0 aliphatic carbocycles. The van der Waals surface area contributed by atoms with Crippen molar-refractivity contribution in [2.75, 3.05) is 19.0 Å². The lowest BCUT2D eigenvalue weighted by atomic mass is 9.95. The van der Waals surface area contributed by atoms with Gasteiger partial charge in [0.25, 0.3) is 10.1 Å². The van der Waals surface area contributed by atoms with Crippen LogP contribution in [-0.2, 0) is 34.0 Å². The van der Waals surface area contributed by atoms with Crippen molar-refractivity contribution in [2.24, 2.45) is 5.92 Å². The summed E-state index contributed by atoms with van der Waals surface area (Å²) in [6.45, 7) is 2.99. The molecule has 0 radical (unpaired) electrons. The second-order valence-electron chi connectivity index (χ2n) is 6.22. The topological polar surface area (TPSA) is 136 Å². The van der Waals surface area contributed by atoms with E-state index in [4.69, 9.17) is 9.47 Å². The number of hydrogen-bond acceptors (Lipinski definition) is 7. The molecule has 2 N–H and O–H groups in total. The quantitative estimate of drug-likeness (QED) is 0.317. The minimum Gasteiger partial charge on any atom is -0.464 e. The number of carbonyl (C=O) groups excluding carboxylic acids is 3. The molecule has 2 unspecified atom stereocenters. The van der Waals surface area contributed by atoms with Crippen LogP contribution in [0, 0.1) is 5.92 Å². The lowest BCUT2D eigenvalue weighted by Gasteiger charge is -2.15. The Morgan fingerprint density at radius 1 is 1.21 bits per heavy atom. The lowest BCUT2D eigenvalue weighted by Crippen LogP contribution is -2.24. The number of esters is 1. The van der Waals surface area contributed by atoms with Gasteiger partial charge < -0.3 is 14.8 Å². The summed E-state index contributed by atoms with van der Waals surface area (Å²) in [7, 11) is -3.11. The number of hydrogen-bond donors (Lipinski definition) is 2. The molecule has 0 spiro atoms. The van der Waals surface area contributed by atoms with E-state index in [1.807, 2.05) is 0 Å². The predicted octanol–water partition coefficient (Wildman–Crippen LogP) is 1.83. The summed E-state index contributed by atoms with van der Waals surface area (Å²) >= 11 is 0. The fraction of sp³-hybridized carbons (Fsp3) is 0.500.